The molecule has 0 aliphatic heterocycles. The number of nitrogens with zero attached hydrogens (tertiary/aromatic N) is 1. The molecule has 5 nitrogen and oxygen atoms in total. The highest BCUT2D eigenvalue weighted by Crippen LogP contribution is 2.13. The van der Waals surface area contributed by atoms with Crippen molar-refractivity contribution < 1.29 is 13.9 Å². The molecule has 0 aliphatic rings. The van der Waals surface area contributed by atoms with Crippen LogP contribution in [0.25, 0.3) is 11.0 Å². The molecule has 0 radical (unpaired) electrons. The Morgan fingerprint density at radius 3 is 2.78 bits per heavy atom. The quantitative estimate of drug-likeness (QED) is 0.695. The van der Waals surface area contributed by atoms with Crippen LogP contribution >= 0.6 is 0 Å². The number of hydrogen-bond donors (Lipinski definition) is 0. The largest absolute Gasteiger partial charge is 0.455 e. The molecule has 0 amide bonds. The van der Waals surface area contributed by atoms with Crippen molar-refractivity contribution in [2.75, 3.05) is 0 Å². The number of benzene rings is 2. The van der Waals surface area contributed by atoms with E-state index in [-0.39, 0.29) is 17.8 Å². The number of esters is 1. The average Bonchev–Trinajstić information content (AvgIpc) is 2.60. The summed E-state index contributed by atoms with van der Waals surface area (Å²) in [6.45, 7) is -0.00904. The number of carbonyl (C=O) groups excluding carboxylic acids is 1. The number of fused-ring (bicyclic) bond motifs is 1. The Bertz CT molecular complexity index is 982. The minimum absolute atomic E-state index is 0.00904. The van der Waals surface area contributed by atoms with Gasteiger partial charge in [-0.05, 0) is 29.8 Å². The Morgan fingerprint density at radius 2 is 1.96 bits per heavy atom. The number of rotatable bonds is 3. The van der Waals surface area contributed by atoms with E-state index >= 15 is 0 Å². The molecule has 0 fully saturated rings. The lowest BCUT2D eigenvalue weighted by atomic mass is 10.1. The molecular formula is C18H11NO4. The van der Waals surface area contributed by atoms with Crippen molar-refractivity contribution >= 4 is 16.9 Å². The van der Waals surface area contributed by atoms with Crippen molar-refractivity contribution in [3.05, 3.63) is 81.7 Å². The summed E-state index contributed by atoms with van der Waals surface area (Å²) in [7, 11) is 0. The second kappa shape index (κ2) is 6.16. The van der Waals surface area contributed by atoms with Gasteiger partial charge in [-0.1, -0.05) is 24.3 Å². The Labute approximate surface area is 131 Å². The predicted molar refractivity (Wildman–Crippen MR) is 82.8 cm³/mol. The lowest BCUT2D eigenvalue weighted by Crippen LogP contribution is -2.10. The first-order valence-corrected chi connectivity index (χ1v) is 6.86. The molecule has 0 aliphatic carbocycles. The molecule has 0 spiro atoms. The highest BCUT2D eigenvalue weighted by Gasteiger charge is 2.13. The van der Waals surface area contributed by atoms with Gasteiger partial charge in [-0.2, -0.15) is 5.26 Å². The van der Waals surface area contributed by atoms with E-state index in [9.17, 15) is 9.59 Å². The Hall–Kier alpha value is -3.39. The fourth-order valence-electron chi connectivity index (χ4n) is 2.16. The van der Waals surface area contributed by atoms with E-state index in [1.165, 1.54) is 0 Å². The minimum Gasteiger partial charge on any atom is -0.455 e. The molecule has 0 unspecified atom stereocenters. The normalized spacial score (nSPS) is 10.2. The van der Waals surface area contributed by atoms with Crippen LogP contribution in [0.1, 0.15) is 21.7 Å². The van der Waals surface area contributed by atoms with Gasteiger partial charge in [-0.25, -0.2) is 4.79 Å². The van der Waals surface area contributed by atoms with Crippen LogP contribution in [-0.2, 0) is 11.3 Å². The van der Waals surface area contributed by atoms with Gasteiger partial charge in [-0.3, -0.25) is 4.79 Å². The van der Waals surface area contributed by atoms with Crippen molar-refractivity contribution in [2.24, 2.45) is 0 Å². The molecule has 5 heteroatoms. The van der Waals surface area contributed by atoms with Crippen LogP contribution in [0.2, 0.25) is 0 Å². The first-order chi connectivity index (χ1) is 11.2. The summed E-state index contributed by atoms with van der Waals surface area (Å²) >= 11 is 0. The second-order valence-corrected chi connectivity index (χ2v) is 4.86. The van der Waals surface area contributed by atoms with Crippen molar-refractivity contribution in [1.82, 2.24) is 0 Å². The SMILES string of the molecule is N#Cc1cccc(COC(=O)c2cc(=O)c3ccccc3o2)c1. The third kappa shape index (κ3) is 3.11. The summed E-state index contributed by atoms with van der Waals surface area (Å²) in [5.41, 5.74) is 1.19. The number of hydrogen-bond acceptors (Lipinski definition) is 5. The number of ether oxygens (including phenoxy) is 1. The maximum absolute atomic E-state index is 12.0. The summed E-state index contributed by atoms with van der Waals surface area (Å²) in [6.07, 6.45) is 0. The first kappa shape index (κ1) is 14.5. The Kier molecular flexibility index (Phi) is 3.89. The van der Waals surface area contributed by atoms with E-state index in [1.807, 2.05) is 6.07 Å². The molecule has 23 heavy (non-hydrogen) atoms. The second-order valence-electron chi connectivity index (χ2n) is 4.86. The van der Waals surface area contributed by atoms with Gasteiger partial charge in [0.25, 0.3) is 0 Å². The highest BCUT2D eigenvalue weighted by atomic mass is 16.5. The van der Waals surface area contributed by atoms with E-state index in [0.717, 1.165) is 6.07 Å². The van der Waals surface area contributed by atoms with Crippen molar-refractivity contribution in [2.45, 2.75) is 6.61 Å². The average molecular weight is 305 g/mol. The van der Waals surface area contributed by atoms with Gasteiger partial charge >= 0.3 is 5.97 Å². The zero-order chi connectivity index (χ0) is 16.2. The lowest BCUT2D eigenvalue weighted by molar-refractivity contribution is 0.0436. The van der Waals surface area contributed by atoms with Gasteiger partial charge in [0, 0.05) is 6.07 Å². The maximum Gasteiger partial charge on any atom is 0.374 e. The van der Waals surface area contributed by atoms with Crippen LogP contribution in [0, 0.1) is 11.3 Å². The van der Waals surface area contributed by atoms with E-state index in [2.05, 4.69) is 0 Å². The summed E-state index contributed by atoms with van der Waals surface area (Å²) < 4.78 is 10.5. The van der Waals surface area contributed by atoms with Gasteiger partial charge in [0.2, 0.25) is 5.76 Å². The van der Waals surface area contributed by atoms with Crippen molar-refractivity contribution in [3.63, 3.8) is 0 Å². The third-order valence-corrected chi connectivity index (χ3v) is 3.26. The number of para-hydroxylation sites is 1. The highest BCUT2D eigenvalue weighted by molar-refractivity contribution is 5.88. The molecule has 0 bridgehead atoms. The standard InChI is InChI=1S/C18H11NO4/c19-10-12-4-3-5-13(8-12)11-22-18(21)17-9-15(20)14-6-1-2-7-16(14)23-17/h1-9H,11H2. The van der Waals surface area contributed by atoms with E-state index < -0.39 is 5.97 Å². The number of carbonyl (C=O) groups is 1. The van der Waals surface area contributed by atoms with Gasteiger partial charge in [0.15, 0.2) is 5.43 Å². The van der Waals surface area contributed by atoms with Crippen LogP contribution < -0.4 is 5.43 Å². The molecule has 1 aromatic heterocycles. The van der Waals surface area contributed by atoms with E-state index in [1.54, 1.807) is 48.5 Å². The topological polar surface area (TPSA) is 80.3 Å². The van der Waals surface area contributed by atoms with E-state index in [0.29, 0.717) is 22.1 Å². The molecule has 112 valence electrons. The molecular weight excluding hydrogens is 294 g/mol. The first-order valence-electron chi connectivity index (χ1n) is 6.86. The fourth-order valence-corrected chi connectivity index (χ4v) is 2.16. The molecule has 0 atom stereocenters. The van der Waals surface area contributed by atoms with Crippen molar-refractivity contribution in [3.8, 4) is 6.07 Å². The molecule has 3 aromatic rings. The van der Waals surface area contributed by atoms with Crippen LogP contribution in [0.4, 0.5) is 0 Å². The van der Waals surface area contributed by atoms with Gasteiger partial charge < -0.3 is 9.15 Å². The van der Waals surface area contributed by atoms with Gasteiger partial charge in [0.05, 0.1) is 17.0 Å². The van der Waals surface area contributed by atoms with Crippen LogP contribution in [0.15, 0.2) is 63.8 Å². The molecule has 3 rings (SSSR count). The van der Waals surface area contributed by atoms with Crippen molar-refractivity contribution in [1.29, 1.82) is 5.26 Å². The molecule has 0 N–H and O–H groups in total. The zero-order valence-electron chi connectivity index (χ0n) is 12.0. The molecule has 0 saturated heterocycles. The lowest BCUT2D eigenvalue weighted by Gasteiger charge is -2.05. The maximum atomic E-state index is 12.0. The fraction of sp³-hybridized carbons (Fsp3) is 0.0556. The summed E-state index contributed by atoms with van der Waals surface area (Å²) in [4.78, 5) is 24.0. The summed E-state index contributed by atoms with van der Waals surface area (Å²) in [5.74, 6) is -0.875. The Balaban J connectivity index is 1.81. The smallest absolute Gasteiger partial charge is 0.374 e. The minimum atomic E-state index is -0.727. The van der Waals surface area contributed by atoms with Crippen LogP contribution in [0.5, 0.6) is 0 Å². The summed E-state index contributed by atoms with van der Waals surface area (Å²) in [5, 5.41) is 9.25. The third-order valence-electron chi connectivity index (χ3n) is 3.26. The van der Waals surface area contributed by atoms with Crippen LogP contribution in [-0.4, -0.2) is 5.97 Å². The van der Waals surface area contributed by atoms with E-state index in [4.69, 9.17) is 14.4 Å². The van der Waals surface area contributed by atoms with Gasteiger partial charge in [0.1, 0.15) is 12.2 Å². The monoisotopic (exact) mass is 305 g/mol. The molecule has 0 saturated carbocycles. The number of nitriles is 1. The predicted octanol–water partition coefficient (Wildman–Crippen LogP) is 3.02. The van der Waals surface area contributed by atoms with Gasteiger partial charge in [-0.15, -0.1) is 0 Å². The zero-order valence-corrected chi connectivity index (χ0v) is 12.0. The summed E-state index contributed by atoms with van der Waals surface area (Å²) in [6, 6.07) is 16.6. The molecule has 2 aromatic carbocycles. The molecule has 1 heterocycles. The van der Waals surface area contributed by atoms with Crippen LogP contribution in [0.3, 0.4) is 0 Å². The Morgan fingerprint density at radius 1 is 1.13 bits per heavy atom.